The zero-order valence-corrected chi connectivity index (χ0v) is 13.7. The van der Waals surface area contributed by atoms with Crippen LogP contribution in [0.15, 0.2) is 5.16 Å². The maximum absolute atomic E-state index is 12.5. The molecular formula is C14H25N5OS. The van der Waals surface area contributed by atoms with Crippen LogP contribution in [-0.2, 0) is 17.9 Å². The molecule has 7 heteroatoms. The summed E-state index contributed by atoms with van der Waals surface area (Å²) in [4.78, 5) is 14.4. The van der Waals surface area contributed by atoms with Gasteiger partial charge < -0.3 is 15.2 Å². The summed E-state index contributed by atoms with van der Waals surface area (Å²) >= 11 is 1.49. The van der Waals surface area contributed by atoms with Crippen molar-refractivity contribution in [3.8, 4) is 0 Å². The Bertz CT molecular complexity index is 470. The Kier molecular flexibility index (Phi) is 6.05. The van der Waals surface area contributed by atoms with E-state index in [4.69, 9.17) is 5.73 Å². The number of nitrogens with two attached hydrogens (primary N) is 1. The van der Waals surface area contributed by atoms with Gasteiger partial charge in [0.05, 0.1) is 11.8 Å². The second-order valence-corrected chi connectivity index (χ2v) is 6.71. The number of likely N-dealkylation sites (tertiary alicyclic amines) is 1. The van der Waals surface area contributed by atoms with Crippen molar-refractivity contribution < 1.29 is 4.79 Å². The van der Waals surface area contributed by atoms with Crippen LogP contribution >= 0.6 is 11.8 Å². The van der Waals surface area contributed by atoms with Crippen LogP contribution in [0.3, 0.4) is 0 Å². The van der Waals surface area contributed by atoms with E-state index >= 15 is 0 Å². The molecule has 1 aliphatic heterocycles. The molecule has 0 aromatic carbocycles. The summed E-state index contributed by atoms with van der Waals surface area (Å²) in [5, 5.41) is 8.99. The number of piperidine rings is 1. The van der Waals surface area contributed by atoms with Crippen molar-refractivity contribution in [2.24, 2.45) is 5.73 Å². The van der Waals surface area contributed by atoms with Gasteiger partial charge in [0.15, 0.2) is 5.16 Å². The lowest BCUT2D eigenvalue weighted by Crippen LogP contribution is -2.40. The average molecular weight is 311 g/mol. The molecule has 2 heterocycles. The topological polar surface area (TPSA) is 77.0 Å². The van der Waals surface area contributed by atoms with Crippen molar-refractivity contribution in [3.05, 3.63) is 5.82 Å². The van der Waals surface area contributed by atoms with Crippen LogP contribution in [0.25, 0.3) is 0 Å². The van der Waals surface area contributed by atoms with E-state index in [1.54, 1.807) is 0 Å². The molecule has 1 unspecified atom stereocenters. The van der Waals surface area contributed by atoms with E-state index < -0.39 is 0 Å². The van der Waals surface area contributed by atoms with E-state index in [1.165, 1.54) is 18.2 Å². The summed E-state index contributed by atoms with van der Waals surface area (Å²) in [6, 6.07) is 0. The lowest BCUT2D eigenvalue weighted by atomic mass is 10.1. The molecule has 0 aliphatic carbocycles. The van der Waals surface area contributed by atoms with Gasteiger partial charge in [-0.2, -0.15) is 0 Å². The van der Waals surface area contributed by atoms with Gasteiger partial charge in [-0.25, -0.2) is 0 Å². The zero-order chi connectivity index (χ0) is 15.2. The first kappa shape index (κ1) is 16.3. The van der Waals surface area contributed by atoms with E-state index in [1.807, 2.05) is 16.4 Å². The molecule has 1 aromatic heterocycles. The van der Waals surface area contributed by atoms with Gasteiger partial charge in [0.25, 0.3) is 0 Å². The number of hydrogen-bond acceptors (Lipinski definition) is 5. The molecule has 0 saturated carbocycles. The Morgan fingerprint density at radius 3 is 2.67 bits per heavy atom. The summed E-state index contributed by atoms with van der Waals surface area (Å²) < 4.78 is 2.03. The van der Waals surface area contributed by atoms with Crippen molar-refractivity contribution in [2.45, 2.75) is 63.0 Å². The fraction of sp³-hybridized carbons (Fsp3) is 0.786. The minimum atomic E-state index is -0.131. The van der Waals surface area contributed by atoms with Crippen LogP contribution in [0.1, 0.15) is 45.4 Å². The van der Waals surface area contributed by atoms with Gasteiger partial charge in [-0.05, 0) is 32.6 Å². The highest BCUT2D eigenvalue weighted by Crippen LogP contribution is 2.25. The summed E-state index contributed by atoms with van der Waals surface area (Å²) in [6.07, 6.45) is 4.46. The molecule has 1 fully saturated rings. The molecule has 118 valence electrons. The van der Waals surface area contributed by atoms with Crippen molar-refractivity contribution >= 4 is 17.7 Å². The van der Waals surface area contributed by atoms with Gasteiger partial charge >= 0.3 is 0 Å². The highest BCUT2D eigenvalue weighted by molar-refractivity contribution is 8.00. The molecular weight excluding hydrogens is 286 g/mol. The third kappa shape index (κ3) is 3.97. The number of carbonyl (C=O) groups is 1. The largest absolute Gasteiger partial charge is 0.342 e. The molecule has 0 radical (unpaired) electrons. The Hall–Kier alpha value is -1.08. The molecule has 1 saturated heterocycles. The predicted molar refractivity (Wildman–Crippen MR) is 84.0 cm³/mol. The van der Waals surface area contributed by atoms with E-state index in [0.717, 1.165) is 49.9 Å². The van der Waals surface area contributed by atoms with Crippen LogP contribution in [-0.4, -0.2) is 43.9 Å². The predicted octanol–water partition coefficient (Wildman–Crippen LogP) is 1.64. The molecule has 1 aliphatic rings. The van der Waals surface area contributed by atoms with Crippen LogP contribution < -0.4 is 5.73 Å². The lowest BCUT2D eigenvalue weighted by molar-refractivity contribution is -0.131. The van der Waals surface area contributed by atoms with Gasteiger partial charge in [-0.1, -0.05) is 18.7 Å². The average Bonchev–Trinajstić information content (AvgIpc) is 2.90. The number of hydrogen-bond donors (Lipinski definition) is 1. The Labute approximate surface area is 130 Å². The normalized spacial score (nSPS) is 17.0. The quantitative estimate of drug-likeness (QED) is 0.808. The van der Waals surface area contributed by atoms with Crippen molar-refractivity contribution in [3.63, 3.8) is 0 Å². The molecule has 1 aromatic rings. The smallest absolute Gasteiger partial charge is 0.235 e. The first-order chi connectivity index (χ1) is 10.2. The number of nitrogens with zero attached hydrogens (tertiary/aromatic N) is 4. The number of carbonyl (C=O) groups excluding carboxylic acids is 1. The van der Waals surface area contributed by atoms with Gasteiger partial charge in [0, 0.05) is 19.6 Å². The Morgan fingerprint density at radius 1 is 1.33 bits per heavy atom. The second kappa shape index (κ2) is 7.79. The van der Waals surface area contributed by atoms with E-state index in [-0.39, 0.29) is 11.2 Å². The highest BCUT2D eigenvalue weighted by atomic mass is 32.2. The van der Waals surface area contributed by atoms with E-state index in [0.29, 0.717) is 6.54 Å². The molecule has 1 atom stereocenters. The van der Waals surface area contributed by atoms with Crippen LogP contribution in [0.2, 0.25) is 0 Å². The van der Waals surface area contributed by atoms with Gasteiger partial charge in [0.2, 0.25) is 5.91 Å². The standard InChI is InChI=1S/C14H25N5OS/c1-3-7-19-12(10-15)16-17-14(19)21-11(2)13(20)18-8-5-4-6-9-18/h11H,3-10,15H2,1-2H3. The van der Waals surface area contributed by atoms with Crippen LogP contribution in [0.4, 0.5) is 0 Å². The maximum Gasteiger partial charge on any atom is 0.235 e. The minimum absolute atomic E-state index is 0.131. The first-order valence-corrected chi connectivity index (χ1v) is 8.63. The molecule has 2 rings (SSSR count). The van der Waals surface area contributed by atoms with Crippen LogP contribution in [0, 0.1) is 0 Å². The van der Waals surface area contributed by atoms with Crippen molar-refractivity contribution in [2.75, 3.05) is 13.1 Å². The SMILES string of the molecule is CCCn1c(CN)nnc1SC(C)C(=O)N1CCCCC1. The Morgan fingerprint density at radius 2 is 2.05 bits per heavy atom. The van der Waals surface area contributed by atoms with Crippen molar-refractivity contribution in [1.82, 2.24) is 19.7 Å². The molecule has 21 heavy (non-hydrogen) atoms. The summed E-state index contributed by atoms with van der Waals surface area (Å²) in [7, 11) is 0. The summed E-state index contributed by atoms with van der Waals surface area (Å²) in [5.74, 6) is 0.997. The molecule has 6 nitrogen and oxygen atoms in total. The minimum Gasteiger partial charge on any atom is -0.342 e. The molecule has 0 spiro atoms. The van der Waals surface area contributed by atoms with Gasteiger partial charge in [0.1, 0.15) is 5.82 Å². The third-order valence-corrected chi connectivity index (χ3v) is 4.79. The Balaban J connectivity index is 2.02. The number of rotatable bonds is 6. The van der Waals surface area contributed by atoms with Gasteiger partial charge in [-0.15, -0.1) is 10.2 Å². The fourth-order valence-electron chi connectivity index (χ4n) is 2.59. The zero-order valence-electron chi connectivity index (χ0n) is 12.9. The second-order valence-electron chi connectivity index (χ2n) is 5.40. The fourth-order valence-corrected chi connectivity index (χ4v) is 3.56. The number of thioether (sulfide) groups is 1. The molecule has 0 bridgehead atoms. The molecule has 1 amide bonds. The highest BCUT2D eigenvalue weighted by Gasteiger charge is 2.25. The van der Waals surface area contributed by atoms with E-state index in [9.17, 15) is 4.79 Å². The maximum atomic E-state index is 12.5. The lowest BCUT2D eigenvalue weighted by Gasteiger charge is -2.28. The first-order valence-electron chi connectivity index (χ1n) is 7.75. The van der Waals surface area contributed by atoms with Crippen LogP contribution in [0.5, 0.6) is 0 Å². The third-order valence-electron chi connectivity index (χ3n) is 3.72. The monoisotopic (exact) mass is 311 g/mol. The van der Waals surface area contributed by atoms with Gasteiger partial charge in [-0.3, -0.25) is 4.79 Å². The van der Waals surface area contributed by atoms with E-state index in [2.05, 4.69) is 17.1 Å². The number of amides is 1. The summed E-state index contributed by atoms with van der Waals surface area (Å²) in [6.45, 7) is 7.05. The molecule has 2 N–H and O–H groups in total. The summed E-state index contributed by atoms with van der Waals surface area (Å²) in [5.41, 5.74) is 5.69. The van der Waals surface area contributed by atoms with Crippen molar-refractivity contribution in [1.29, 1.82) is 0 Å². The number of aromatic nitrogens is 3.